The Labute approximate surface area is 341 Å². The minimum Gasteiger partial charge on any atom is -0.481 e. The second-order valence-electron chi connectivity index (χ2n) is 15.3. The number of pyridine rings is 1. The lowest BCUT2D eigenvalue weighted by atomic mass is 9.71. The summed E-state index contributed by atoms with van der Waals surface area (Å²) in [4.78, 5) is 13.0. The Balaban J connectivity index is 0.00000465. The summed E-state index contributed by atoms with van der Waals surface area (Å²) < 4.78 is 7.01. The van der Waals surface area contributed by atoms with E-state index < -0.39 is 11.5 Å². The maximum Gasteiger partial charge on any atom is 0.217 e. The molecule has 0 bridgehead atoms. The van der Waals surface area contributed by atoms with Crippen LogP contribution < -0.4 is 4.74 Å². The van der Waals surface area contributed by atoms with Gasteiger partial charge in [-0.25, -0.2) is 4.98 Å². The lowest BCUT2D eigenvalue weighted by Crippen LogP contribution is -2.51. The molecule has 2 fully saturated rings. The molecule has 0 saturated carbocycles. The Bertz CT molecular complexity index is 2160. The fraction of sp³-hybridized carbons (Fsp3) is 0.340. The lowest BCUT2D eigenvalue weighted by Gasteiger charge is -2.39. The van der Waals surface area contributed by atoms with E-state index >= 15 is 0 Å². The molecule has 3 atom stereocenters. The summed E-state index contributed by atoms with van der Waals surface area (Å²) in [5, 5.41) is 16.7. The number of unbranched alkanes of at least 4 members (excludes halogenated alkanes) is 1. The van der Waals surface area contributed by atoms with Crippen molar-refractivity contribution < 1.29 is 9.84 Å². The van der Waals surface area contributed by atoms with Crippen molar-refractivity contribution in [1.82, 2.24) is 19.7 Å². The van der Waals surface area contributed by atoms with Crippen LogP contribution in [0, 0.1) is 0 Å². The summed E-state index contributed by atoms with van der Waals surface area (Å²) in [6.07, 6.45) is 3.77. The molecule has 3 unspecified atom stereocenters. The van der Waals surface area contributed by atoms with Crippen LogP contribution >= 0.6 is 29.4 Å². The highest BCUT2D eigenvalue weighted by molar-refractivity contribution is 9.10. The maximum atomic E-state index is 13.4. The molecule has 0 amide bonds. The van der Waals surface area contributed by atoms with Gasteiger partial charge in [0, 0.05) is 73.2 Å². The lowest BCUT2D eigenvalue weighted by molar-refractivity contribution is 0.00616. The van der Waals surface area contributed by atoms with Gasteiger partial charge in [-0.2, -0.15) is 13.5 Å². The predicted octanol–water partition coefficient (Wildman–Crippen LogP) is 9.35. The minimum atomic E-state index is -1.23. The molecule has 6 nitrogen and oxygen atoms in total. The number of piperazine rings is 1. The second kappa shape index (κ2) is 18.0. The van der Waals surface area contributed by atoms with E-state index in [1.165, 1.54) is 25.1 Å². The molecule has 2 saturated heterocycles. The molecule has 286 valence electrons. The van der Waals surface area contributed by atoms with Crippen LogP contribution in [0.5, 0.6) is 5.88 Å². The van der Waals surface area contributed by atoms with Gasteiger partial charge in [-0.3, -0.25) is 9.80 Å². The van der Waals surface area contributed by atoms with Crippen molar-refractivity contribution in [3.8, 4) is 5.88 Å². The molecule has 2 aliphatic heterocycles. The number of aromatic nitrogens is 1. The third-order valence-corrected chi connectivity index (χ3v) is 12.3. The monoisotopic (exact) mass is 816 g/mol. The maximum absolute atomic E-state index is 13.4. The molecular weight excluding hydrogens is 765 g/mol. The quantitative estimate of drug-likeness (QED) is 0.117. The van der Waals surface area contributed by atoms with Crippen LogP contribution in [-0.2, 0) is 12.1 Å². The smallest absolute Gasteiger partial charge is 0.217 e. The van der Waals surface area contributed by atoms with E-state index in [1.54, 1.807) is 7.11 Å². The standard InChI is InChI=1S/C47H51BrN4O2.H2S/c1-54-46-43(32-39-31-41(48)20-21-44(39)49-46)45(37-15-6-3-7-16-37)47(53,40-19-18-36-14-8-9-17-38(36)30-40)23-10-11-24-50-26-28-52(29-27-50)42-22-25-51(34-42)33-35-12-4-2-5-13-35;/h2-9,12-21,30-32,42,45,53H,10-11,22-29,33-34H2,1H3;1H2. The number of likely N-dealkylation sites (tertiary alicyclic amines) is 1. The average molecular weight is 818 g/mol. The molecule has 1 N–H and O–H groups in total. The first kappa shape index (κ1) is 39.5. The first-order valence-corrected chi connectivity index (χ1v) is 20.4. The summed E-state index contributed by atoms with van der Waals surface area (Å²) in [7, 11) is 1.68. The number of hydrogen-bond donors (Lipinski definition) is 1. The summed E-state index contributed by atoms with van der Waals surface area (Å²) >= 11 is 3.67. The Morgan fingerprint density at radius 1 is 0.764 bits per heavy atom. The normalized spacial score (nSPS) is 18.6. The van der Waals surface area contributed by atoms with Crippen molar-refractivity contribution in [3.05, 3.63) is 154 Å². The Hall–Kier alpha value is -3.76. The zero-order valence-corrected chi connectivity index (χ0v) is 34.4. The van der Waals surface area contributed by atoms with Crippen LogP contribution in [0.2, 0.25) is 0 Å². The number of halogens is 1. The molecule has 8 rings (SSSR count). The number of ether oxygens (including phenoxy) is 1. The number of rotatable bonds is 13. The molecule has 0 aliphatic carbocycles. The Morgan fingerprint density at radius 2 is 1.49 bits per heavy atom. The molecule has 0 radical (unpaired) electrons. The van der Waals surface area contributed by atoms with Crippen LogP contribution in [0.4, 0.5) is 0 Å². The zero-order chi connectivity index (χ0) is 36.9. The zero-order valence-electron chi connectivity index (χ0n) is 31.8. The van der Waals surface area contributed by atoms with Gasteiger partial charge in [0.05, 0.1) is 12.6 Å². The third-order valence-electron chi connectivity index (χ3n) is 11.8. The highest BCUT2D eigenvalue weighted by Gasteiger charge is 2.42. The number of benzene rings is 5. The fourth-order valence-electron chi connectivity index (χ4n) is 8.97. The fourth-order valence-corrected chi connectivity index (χ4v) is 9.34. The Morgan fingerprint density at radius 3 is 2.25 bits per heavy atom. The third kappa shape index (κ3) is 8.96. The molecule has 55 heavy (non-hydrogen) atoms. The SMILES string of the molecule is COc1nc2ccc(Br)cc2cc1C(c1ccccc1)C(O)(CCCCN1CCN(C2CCN(Cc3ccccc3)C2)CC1)c1ccc2ccccc2c1.S. The van der Waals surface area contributed by atoms with Crippen molar-refractivity contribution in [2.24, 2.45) is 0 Å². The molecule has 2 aliphatic rings. The van der Waals surface area contributed by atoms with E-state index in [0.29, 0.717) is 18.3 Å². The van der Waals surface area contributed by atoms with Crippen molar-refractivity contribution in [2.45, 2.75) is 49.8 Å². The van der Waals surface area contributed by atoms with Crippen LogP contribution in [0.3, 0.4) is 0 Å². The van der Waals surface area contributed by atoms with Crippen LogP contribution in [0.25, 0.3) is 21.7 Å². The summed E-state index contributed by atoms with van der Waals surface area (Å²) in [5.41, 5.74) is 3.87. The summed E-state index contributed by atoms with van der Waals surface area (Å²) in [5.74, 6) is 0.128. The van der Waals surface area contributed by atoms with Gasteiger partial charge in [0.25, 0.3) is 0 Å². The number of methoxy groups -OCH3 is 1. The van der Waals surface area contributed by atoms with Gasteiger partial charge < -0.3 is 14.7 Å². The van der Waals surface area contributed by atoms with Crippen molar-refractivity contribution in [3.63, 3.8) is 0 Å². The van der Waals surface area contributed by atoms with Gasteiger partial charge in [-0.15, -0.1) is 0 Å². The van der Waals surface area contributed by atoms with Gasteiger partial charge in [0.15, 0.2) is 0 Å². The van der Waals surface area contributed by atoms with E-state index in [1.807, 2.05) is 18.2 Å². The number of aliphatic hydroxyl groups is 1. The van der Waals surface area contributed by atoms with Crippen molar-refractivity contribution in [1.29, 1.82) is 0 Å². The highest BCUT2D eigenvalue weighted by Crippen LogP contribution is 2.48. The van der Waals surface area contributed by atoms with Crippen LogP contribution in [0.1, 0.15) is 53.9 Å². The molecule has 8 heteroatoms. The number of nitrogens with zero attached hydrogens (tertiary/aromatic N) is 4. The average Bonchev–Trinajstić information content (AvgIpc) is 3.68. The Kier molecular flexibility index (Phi) is 12.9. The molecule has 5 aromatic carbocycles. The number of hydrogen-bond acceptors (Lipinski definition) is 6. The molecule has 1 aromatic heterocycles. The molecular formula is C47H53BrN4O2S. The van der Waals surface area contributed by atoms with Crippen LogP contribution in [-0.4, -0.2) is 83.8 Å². The largest absolute Gasteiger partial charge is 0.481 e. The second-order valence-corrected chi connectivity index (χ2v) is 16.2. The van der Waals surface area contributed by atoms with E-state index in [0.717, 1.165) is 94.9 Å². The van der Waals surface area contributed by atoms with Gasteiger partial charge >= 0.3 is 0 Å². The van der Waals surface area contributed by atoms with Gasteiger partial charge in [0.1, 0.15) is 5.60 Å². The highest BCUT2D eigenvalue weighted by atomic mass is 79.9. The van der Waals surface area contributed by atoms with Gasteiger partial charge in [-0.05, 0) is 90.0 Å². The predicted molar refractivity (Wildman–Crippen MR) is 234 cm³/mol. The van der Waals surface area contributed by atoms with Crippen molar-refractivity contribution in [2.75, 3.05) is 52.9 Å². The van der Waals surface area contributed by atoms with E-state index in [-0.39, 0.29) is 13.5 Å². The van der Waals surface area contributed by atoms with Crippen molar-refractivity contribution >= 4 is 51.1 Å². The van der Waals surface area contributed by atoms with E-state index in [9.17, 15) is 5.11 Å². The topological polar surface area (TPSA) is 52.1 Å². The van der Waals surface area contributed by atoms with E-state index in [4.69, 9.17) is 9.72 Å². The molecule has 0 spiro atoms. The molecule has 3 heterocycles. The van der Waals surface area contributed by atoms with Gasteiger partial charge in [-0.1, -0.05) is 113 Å². The first-order valence-electron chi connectivity index (χ1n) is 19.6. The van der Waals surface area contributed by atoms with E-state index in [2.05, 4.69) is 140 Å². The number of fused-ring (bicyclic) bond motifs is 2. The molecule has 6 aromatic rings. The minimum absolute atomic E-state index is 0. The summed E-state index contributed by atoms with van der Waals surface area (Å²) in [6.45, 7) is 8.91. The summed E-state index contributed by atoms with van der Waals surface area (Å²) in [6, 6.07) is 45.1. The van der Waals surface area contributed by atoms with Crippen LogP contribution in [0.15, 0.2) is 132 Å². The van der Waals surface area contributed by atoms with Gasteiger partial charge in [0.2, 0.25) is 5.88 Å². The first-order chi connectivity index (χ1) is 26.5.